The second-order valence-electron chi connectivity index (χ2n) is 6.23. The number of primary amides is 1. The number of nitrogens with one attached hydrogen (secondary N) is 1. The van der Waals surface area contributed by atoms with E-state index in [0.29, 0.717) is 26.9 Å². The Morgan fingerprint density at radius 3 is 2.43 bits per heavy atom. The third-order valence-corrected chi connectivity index (χ3v) is 5.36. The minimum Gasteiger partial charge on any atom is -0.487 e. The quantitative estimate of drug-likeness (QED) is 0.357. The van der Waals surface area contributed by atoms with Crippen molar-refractivity contribution in [3.8, 4) is 11.8 Å². The van der Waals surface area contributed by atoms with Crippen LogP contribution in [0, 0.1) is 11.3 Å². The maximum absolute atomic E-state index is 11.8. The summed E-state index contributed by atoms with van der Waals surface area (Å²) in [5, 5.41) is 13.3. The Balaban J connectivity index is 1.84. The zero-order valence-electron chi connectivity index (χ0n) is 15.5. The Hall–Kier alpha value is -3.15. The highest BCUT2D eigenvalue weighted by Crippen LogP contribution is 2.36. The van der Waals surface area contributed by atoms with E-state index >= 15 is 0 Å². The molecule has 0 spiro atoms. The third-order valence-electron chi connectivity index (χ3n) is 4.19. The number of carbonyl (C=O) groups excluding carboxylic acids is 2. The van der Waals surface area contributed by atoms with Gasteiger partial charge in [-0.3, -0.25) is 10.1 Å². The van der Waals surface area contributed by atoms with Crippen molar-refractivity contribution in [1.82, 2.24) is 5.32 Å². The molecule has 0 aromatic heterocycles. The van der Waals surface area contributed by atoms with Gasteiger partial charge in [0.05, 0.1) is 8.95 Å². The molecule has 30 heavy (non-hydrogen) atoms. The highest BCUT2D eigenvalue weighted by molar-refractivity contribution is 9.11. The van der Waals surface area contributed by atoms with E-state index in [-0.39, 0.29) is 5.57 Å². The van der Waals surface area contributed by atoms with E-state index in [9.17, 15) is 14.9 Å². The molecule has 3 amide bonds. The van der Waals surface area contributed by atoms with E-state index in [1.54, 1.807) is 18.2 Å². The van der Waals surface area contributed by atoms with Crippen LogP contribution in [0.25, 0.3) is 16.8 Å². The second kappa shape index (κ2) is 9.57. The van der Waals surface area contributed by atoms with Crippen molar-refractivity contribution in [2.24, 2.45) is 5.73 Å². The molecule has 3 aromatic carbocycles. The molecule has 0 fully saturated rings. The van der Waals surface area contributed by atoms with Gasteiger partial charge < -0.3 is 10.5 Å². The van der Waals surface area contributed by atoms with E-state index in [2.05, 4.69) is 31.9 Å². The lowest BCUT2D eigenvalue weighted by Crippen LogP contribution is -2.35. The smallest absolute Gasteiger partial charge is 0.319 e. The molecule has 0 atom stereocenters. The minimum absolute atomic E-state index is 0.253. The summed E-state index contributed by atoms with van der Waals surface area (Å²) in [4.78, 5) is 22.7. The van der Waals surface area contributed by atoms with Crippen LogP contribution >= 0.6 is 31.9 Å². The lowest BCUT2D eigenvalue weighted by Gasteiger charge is -2.13. The van der Waals surface area contributed by atoms with Crippen molar-refractivity contribution in [2.75, 3.05) is 0 Å². The van der Waals surface area contributed by atoms with Gasteiger partial charge in [0, 0.05) is 0 Å². The first kappa shape index (κ1) is 21.6. The highest BCUT2D eigenvalue weighted by atomic mass is 79.9. The first-order valence-electron chi connectivity index (χ1n) is 8.70. The van der Waals surface area contributed by atoms with E-state index in [1.165, 1.54) is 6.08 Å². The molecule has 0 aliphatic rings. The maximum atomic E-state index is 11.8. The number of nitriles is 1. The fraction of sp³-hybridized carbons (Fsp3) is 0.0455. The monoisotopic (exact) mass is 527 g/mol. The van der Waals surface area contributed by atoms with Crippen LogP contribution in [0.1, 0.15) is 11.1 Å². The number of urea groups is 1. The van der Waals surface area contributed by atoms with Crippen molar-refractivity contribution >= 4 is 60.6 Å². The van der Waals surface area contributed by atoms with E-state index in [0.717, 1.165) is 16.3 Å². The molecule has 6 nitrogen and oxygen atoms in total. The van der Waals surface area contributed by atoms with Gasteiger partial charge in [-0.15, -0.1) is 0 Å². The number of nitrogens with two attached hydrogens (primary N) is 1. The fourth-order valence-electron chi connectivity index (χ4n) is 2.86. The van der Waals surface area contributed by atoms with Crippen LogP contribution < -0.4 is 15.8 Å². The summed E-state index contributed by atoms with van der Waals surface area (Å²) >= 11 is 6.94. The summed E-state index contributed by atoms with van der Waals surface area (Å²) in [5.74, 6) is -0.284. The van der Waals surface area contributed by atoms with Crippen LogP contribution in [0.2, 0.25) is 0 Å². The molecular formula is C22H15Br2N3O3. The number of hydrogen-bond donors (Lipinski definition) is 2. The molecule has 0 aliphatic heterocycles. The first-order valence-corrected chi connectivity index (χ1v) is 10.3. The SMILES string of the molecule is N#C/C(=C/c1cc(Br)c(OCc2cccc3ccccc23)c(Br)c1)C(=O)NC(N)=O. The molecule has 3 rings (SSSR count). The van der Waals surface area contributed by atoms with Gasteiger partial charge in [0.1, 0.15) is 24.0 Å². The molecule has 150 valence electrons. The van der Waals surface area contributed by atoms with Gasteiger partial charge in [-0.05, 0) is 72.0 Å². The molecular weight excluding hydrogens is 514 g/mol. The number of hydrogen-bond acceptors (Lipinski definition) is 4. The van der Waals surface area contributed by atoms with Gasteiger partial charge in [0.2, 0.25) is 0 Å². The third kappa shape index (κ3) is 5.06. The number of rotatable bonds is 5. The molecule has 0 radical (unpaired) electrons. The summed E-state index contributed by atoms with van der Waals surface area (Å²) < 4.78 is 7.30. The van der Waals surface area contributed by atoms with Crippen LogP contribution in [0.5, 0.6) is 5.75 Å². The number of amides is 3. The summed E-state index contributed by atoms with van der Waals surface area (Å²) in [7, 11) is 0. The lowest BCUT2D eigenvalue weighted by molar-refractivity contribution is -0.115. The number of fused-ring (bicyclic) bond motifs is 1. The predicted molar refractivity (Wildman–Crippen MR) is 121 cm³/mol. The average molecular weight is 529 g/mol. The largest absolute Gasteiger partial charge is 0.487 e. The van der Waals surface area contributed by atoms with Crippen LogP contribution in [-0.2, 0) is 11.4 Å². The summed E-state index contributed by atoms with van der Waals surface area (Å²) in [6, 6.07) is 18.3. The van der Waals surface area contributed by atoms with Crippen molar-refractivity contribution in [1.29, 1.82) is 5.26 Å². The molecule has 3 N–H and O–H groups in total. The predicted octanol–water partition coefficient (Wildman–Crippen LogP) is 5.05. The van der Waals surface area contributed by atoms with Crippen molar-refractivity contribution in [2.45, 2.75) is 6.61 Å². The normalized spacial score (nSPS) is 11.0. The summed E-state index contributed by atoms with van der Waals surface area (Å²) in [6.07, 6.45) is 1.35. The lowest BCUT2D eigenvalue weighted by atomic mass is 10.1. The van der Waals surface area contributed by atoms with Crippen LogP contribution in [-0.4, -0.2) is 11.9 Å². The van der Waals surface area contributed by atoms with Crippen molar-refractivity contribution in [3.63, 3.8) is 0 Å². The van der Waals surface area contributed by atoms with E-state index in [1.807, 2.05) is 47.8 Å². The molecule has 0 bridgehead atoms. The number of ether oxygens (including phenoxy) is 1. The molecule has 0 heterocycles. The van der Waals surface area contributed by atoms with Gasteiger partial charge in [0.25, 0.3) is 5.91 Å². The number of carbonyl (C=O) groups is 2. The first-order chi connectivity index (χ1) is 14.4. The number of halogens is 2. The van der Waals surface area contributed by atoms with Gasteiger partial charge in [-0.1, -0.05) is 42.5 Å². The standard InChI is InChI=1S/C22H15Br2N3O3/c23-18-9-13(8-16(11-25)21(28)27-22(26)29)10-19(24)20(18)30-12-15-6-3-5-14-4-1-2-7-17(14)15/h1-10H,12H2,(H3,26,27,28,29)/b16-8-. The van der Waals surface area contributed by atoms with E-state index < -0.39 is 11.9 Å². The van der Waals surface area contributed by atoms with Gasteiger partial charge in [-0.25, -0.2) is 4.79 Å². The Kier molecular flexibility index (Phi) is 6.87. The zero-order valence-corrected chi connectivity index (χ0v) is 18.7. The van der Waals surface area contributed by atoms with Gasteiger partial charge >= 0.3 is 6.03 Å². The Morgan fingerprint density at radius 1 is 1.10 bits per heavy atom. The minimum atomic E-state index is -1.03. The number of imide groups is 1. The Bertz CT molecular complexity index is 1190. The highest BCUT2D eigenvalue weighted by Gasteiger charge is 2.14. The Labute approximate surface area is 189 Å². The van der Waals surface area contributed by atoms with Crippen LogP contribution in [0.3, 0.4) is 0 Å². The number of nitrogens with zero attached hydrogens (tertiary/aromatic N) is 1. The maximum Gasteiger partial charge on any atom is 0.319 e. The van der Waals surface area contributed by atoms with Crippen LogP contribution in [0.4, 0.5) is 4.79 Å². The second-order valence-corrected chi connectivity index (χ2v) is 7.94. The Morgan fingerprint density at radius 2 is 1.77 bits per heavy atom. The van der Waals surface area contributed by atoms with Gasteiger partial charge in [-0.2, -0.15) is 5.26 Å². The topological polar surface area (TPSA) is 105 Å². The van der Waals surface area contributed by atoms with Crippen LogP contribution in [0.15, 0.2) is 69.1 Å². The van der Waals surface area contributed by atoms with Crippen molar-refractivity contribution in [3.05, 3.63) is 80.2 Å². The average Bonchev–Trinajstić information content (AvgIpc) is 2.71. The zero-order chi connectivity index (χ0) is 21.7. The molecule has 8 heteroatoms. The van der Waals surface area contributed by atoms with Crippen molar-refractivity contribution < 1.29 is 14.3 Å². The van der Waals surface area contributed by atoms with Gasteiger partial charge in [0.15, 0.2) is 0 Å². The summed E-state index contributed by atoms with van der Waals surface area (Å²) in [5.41, 5.74) is 6.28. The molecule has 0 saturated carbocycles. The molecule has 3 aromatic rings. The molecule has 0 aliphatic carbocycles. The van der Waals surface area contributed by atoms with E-state index in [4.69, 9.17) is 10.5 Å². The number of benzene rings is 3. The fourth-order valence-corrected chi connectivity index (χ4v) is 4.31. The molecule has 0 unspecified atom stereocenters. The molecule has 0 saturated heterocycles. The summed E-state index contributed by atoms with van der Waals surface area (Å²) in [6.45, 7) is 0.359.